The summed E-state index contributed by atoms with van der Waals surface area (Å²) >= 11 is 1.65. The Labute approximate surface area is 128 Å². The van der Waals surface area contributed by atoms with Gasteiger partial charge in [0.15, 0.2) is 0 Å². The van der Waals surface area contributed by atoms with E-state index in [1.165, 1.54) is 6.42 Å². The highest BCUT2D eigenvalue weighted by molar-refractivity contribution is 7.09. The van der Waals surface area contributed by atoms with Crippen LogP contribution in [0.5, 0.6) is 0 Å². The summed E-state index contributed by atoms with van der Waals surface area (Å²) < 4.78 is 1.78. The number of amides is 1. The van der Waals surface area contributed by atoms with E-state index in [2.05, 4.69) is 10.1 Å². The first-order valence-electron chi connectivity index (χ1n) is 7.40. The Hall–Kier alpha value is -1.69. The van der Waals surface area contributed by atoms with Crippen molar-refractivity contribution in [2.75, 3.05) is 6.54 Å². The van der Waals surface area contributed by atoms with Crippen LogP contribution in [0.2, 0.25) is 0 Å². The average molecular weight is 304 g/mol. The van der Waals surface area contributed by atoms with Crippen molar-refractivity contribution in [3.05, 3.63) is 34.5 Å². The standard InChI is InChI=1S/C15H20N4OS/c1-18-11-12(10-17-18)5-6-14(20)19-8-3-2-4-13(19)15-16-7-9-21-15/h7,9-11,13H,2-6,8H2,1H3/t13-/m0/s1. The van der Waals surface area contributed by atoms with Gasteiger partial charge in [0, 0.05) is 37.8 Å². The van der Waals surface area contributed by atoms with E-state index in [1.54, 1.807) is 16.0 Å². The van der Waals surface area contributed by atoms with Crippen molar-refractivity contribution in [3.8, 4) is 0 Å². The molecule has 1 fully saturated rings. The minimum atomic E-state index is 0.181. The maximum absolute atomic E-state index is 12.6. The summed E-state index contributed by atoms with van der Waals surface area (Å²) in [6, 6.07) is 0.181. The van der Waals surface area contributed by atoms with Crippen LogP contribution >= 0.6 is 11.3 Å². The minimum Gasteiger partial charge on any atom is -0.333 e. The molecule has 1 atom stereocenters. The number of aromatic nitrogens is 3. The van der Waals surface area contributed by atoms with Gasteiger partial charge in [-0.3, -0.25) is 9.48 Å². The Morgan fingerprint density at radius 3 is 3.10 bits per heavy atom. The Kier molecular flexibility index (Phi) is 4.34. The van der Waals surface area contributed by atoms with E-state index in [9.17, 15) is 4.79 Å². The third-order valence-corrected chi connectivity index (χ3v) is 4.82. The third kappa shape index (κ3) is 3.32. The largest absolute Gasteiger partial charge is 0.333 e. The Morgan fingerprint density at radius 2 is 2.38 bits per heavy atom. The van der Waals surface area contributed by atoms with E-state index >= 15 is 0 Å². The van der Waals surface area contributed by atoms with E-state index in [1.807, 2.05) is 35.9 Å². The molecule has 5 nitrogen and oxygen atoms in total. The normalized spacial score (nSPS) is 18.9. The number of nitrogens with zero attached hydrogens (tertiary/aromatic N) is 4. The molecule has 0 spiro atoms. The van der Waals surface area contributed by atoms with Crippen molar-refractivity contribution >= 4 is 17.2 Å². The molecule has 21 heavy (non-hydrogen) atoms. The molecule has 0 bridgehead atoms. The van der Waals surface area contributed by atoms with Crippen molar-refractivity contribution in [3.63, 3.8) is 0 Å². The molecule has 0 aliphatic carbocycles. The fourth-order valence-electron chi connectivity index (χ4n) is 2.88. The van der Waals surface area contributed by atoms with Gasteiger partial charge in [0.05, 0.1) is 12.2 Å². The molecular formula is C15H20N4OS. The van der Waals surface area contributed by atoms with Gasteiger partial charge in [-0.1, -0.05) is 0 Å². The van der Waals surface area contributed by atoms with E-state index in [4.69, 9.17) is 0 Å². The molecule has 112 valence electrons. The molecule has 0 saturated carbocycles. The molecule has 6 heteroatoms. The first kappa shape index (κ1) is 14.3. The molecule has 1 aliphatic heterocycles. The van der Waals surface area contributed by atoms with Gasteiger partial charge in [-0.2, -0.15) is 5.10 Å². The van der Waals surface area contributed by atoms with Gasteiger partial charge in [-0.05, 0) is 31.2 Å². The van der Waals surface area contributed by atoms with Crippen molar-refractivity contribution in [1.82, 2.24) is 19.7 Å². The Bertz CT molecular complexity index is 593. The van der Waals surface area contributed by atoms with Gasteiger partial charge in [-0.15, -0.1) is 11.3 Å². The van der Waals surface area contributed by atoms with Gasteiger partial charge in [0.2, 0.25) is 5.91 Å². The number of carbonyl (C=O) groups excluding carboxylic acids is 1. The van der Waals surface area contributed by atoms with E-state index in [-0.39, 0.29) is 11.9 Å². The smallest absolute Gasteiger partial charge is 0.223 e. The Morgan fingerprint density at radius 1 is 1.48 bits per heavy atom. The van der Waals surface area contributed by atoms with Crippen molar-refractivity contribution in [1.29, 1.82) is 0 Å². The van der Waals surface area contributed by atoms with Crippen LogP contribution in [0.3, 0.4) is 0 Å². The first-order valence-corrected chi connectivity index (χ1v) is 8.28. The number of thiazole rings is 1. The van der Waals surface area contributed by atoms with Gasteiger partial charge in [-0.25, -0.2) is 4.98 Å². The molecule has 0 radical (unpaired) electrons. The molecule has 1 amide bonds. The van der Waals surface area contributed by atoms with Crippen molar-refractivity contribution in [2.24, 2.45) is 7.05 Å². The van der Waals surface area contributed by atoms with Crippen LogP contribution in [0.1, 0.15) is 42.3 Å². The van der Waals surface area contributed by atoms with Crippen LogP contribution in [0.25, 0.3) is 0 Å². The number of aryl methyl sites for hydroxylation is 2. The summed E-state index contributed by atoms with van der Waals surface area (Å²) in [5.74, 6) is 0.235. The van der Waals surface area contributed by atoms with Crippen LogP contribution in [0, 0.1) is 0 Å². The lowest BCUT2D eigenvalue weighted by atomic mass is 10.0. The predicted octanol–water partition coefficient (Wildman–Crippen LogP) is 2.56. The number of hydrogen-bond donors (Lipinski definition) is 0. The fraction of sp³-hybridized carbons (Fsp3) is 0.533. The molecule has 1 aliphatic rings. The number of carbonyl (C=O) groups is 1. The predicted molar refractivity (Wildman–Crippen MR) is 81.9 cm³/mol. The van der Waals surface area contributed by atoms with Gasteiger partial charge < -0.3 is 4.90 Å². The maximum atomic E-state index is 12.6. The molecule has 0 N–H and O–H groups in total. The molecule has 0 aromatic carbocycles. The molecule has 3 heterocycles. The fourth-order valence-corrected chi connectivity index (χ4v) is 3.67. The highest BCUT2D eigenvalue weighted by Gasteiger charge is 2.29. The second kappa shape index (κ2) is 6.39. The summed E-state index contributed by atoms with van der Waals surface area (Å²) in [5, 5.41) is 7.21. The lowest BCUT2D eigenvalue weighted by molar-refractivity contribution is -0.135. The Balaban J connectivity index is 1.64. The van der Waals surface area contributed by atoms with Crippen molar-refractivity contribution in [2.45, 2.75) is 38.1 Å². The van der Waals surface area contributed by atoms with E-state index in [0.29, 0.717) is 6.42 Å². The van der Waals surface area contributed by atoms with Gasteiger partial charge >= 0.3 is 0 Å². The highest BCUT2D eigenvalue weighted by atomic mass is 32.1. The molecule has 2 aromatic heterocycles. The minimum absolute atomic E-state index is 0.181. The highest BCUT2D eigenvalue weighted by Crippen LogP contribution is 2.32. The summed E-state index contributed by atoms with van der Waals surface area (Å²) in [6.45, 7) is 0.857. The number of piperidine rings is 1. The van der Waals surface area contributed by atoms with E-state index in [0.717, 1.165) is 36.4 Å². The second-order valence-electron chi connectivity index (χ2n) is 5.49. The average Bonchev–Trinajstić information content (AvgIpc) is 3.16. The van der Waals surface area contributed by atoms with Crippen molar-refractivity contribution < 1.29 is 4.79 Å². The number of hydrogen-bond acceptors (Lipinski definition) is 4. The zero-order valence-electron chi connectivity index (χ0n) is 12.2. The van der Waals surface area contributed by atoms with Crippen LogP contribution < -0.4 is 0 Å². The van der Waals surface area contributed by atoms with Crippen LogP contribution in [0.15, 0.2) is 24.0 Å². The first-order chi connectivity index (χ1) is 10.2. The zero-order chi connectivity index (χ0) is 14.7. The van der Waals surface area contributed by atoms with E-state index < -0.39 is 0 Å². The number of likely N-dealkylation sites (tertiary alicyclic amines) is 1. The maximum Gasteiger partial charge on any atom is 0.223 e. The molecule has 2 aromatic rings. The lowest BCUT2D eigenvalue weighted by Gasteiger charge is -2.34. The van der Waals surface area contributed by atoms with Crippen LogP contribution in [-0.4, -0.2) is 32.1 Å². The summed E-state index contributed by atoms with van der Waals surface area (Å²) in [7, 11) is 1.90. The second-order valence-corrected chi connectivity index (χ2v) is 6.42. The van der Waals surface area contributed by atoms with Crippen LogP contribution in [0.4, 0.5) is 0 Å². The quantitative estimate of drug-likeness (QED) is 0.872. The van der Waals surface area contributed by atoms with Crippen LogP contribution in [-0.2, 0) is 18.3 Å². The number of rotatable bonds is 4. The summed E-state index contributed by atoms with van der Waals surface area (Å²) in [5.41, 5.74) is 1.12. The van der Waals surface area contributed by atoms with Gasteiger partial charge in [0.25, 0.3) is 0 Å². The zero-order valence-corrected chi connectivity index (χ0v) is 13.1. The molecular weight excluding hydrogens is 284 g/mol. The topological polar surface area (TPSA) is 51.0 Å². The SMILES string of the molecule is Cn1cc(CCC(=O)N2CCCC[C@H]2c2nccs2)cn1. The molecule has 0 unspecified atom stereocenters. The molecule has 3 rings (SSSR count). The molecule has 1 saturated heterocycles. The van der Waals surface area contributed by atoms with Gasteiger partial charge in [0.1, 0.15) is 5.01 Å². The lowest BCUT2D eigenvalue weighted by Crippen LogP contribution is -2.38. The summed E-state index contributed by atoms with van der Waals surface area (Å²) in [6.07, 6.45) is 10.3. The third-order valence-electron chi connectivity index (χ3n) is 3.95. The monoisotopic (exact) mass is 304 g/mol. The summed E-state index contributed by atoms with van der Waals surface area (Å²) in [4.78, 5) is 19.0.